The summed E-state index contributed by atoms with van der Waals surface area (Å²) >= 11 is 0. The molecule has 2 unspecified atom stereocenters. The van der Waals surface area contributed by atoms with E-state index in [2.05, 4.69) is 41.5 Å². The van der Waals surface area contributed by atoms with Crippen LogP contribution in [0.5, 0.6) is 0 Å². The number of ether oxygens (including phenoxy) is 4. The van der Waals surface area contributed by atoms with Gasteiger partial charge in [0.25, 0.3) is 0 Å². The fourth-order valence-corrected chi connectivity index (χ4v) is 13.1. The molecule has 0 bridgehead atoms. The summed E-state index contributed by atoms with van der Waals surface area (Å²) in [6.07, 6.45) is 54.4. The van der Waals surface area contributed by atoms with Gasteiger partial charge in [-0.1, -0.05) is 337 Å². The molecule has 0 aromatic carbocycles. The molecule has 3 N–H and O–H groups in total. The highest BCUT2D eigenvalue weighted by atomic mass is 31.2. The molecule has 0 aliphatic heterocycles. The van der Waals surface area contributed by atoms with Crippen molar-refractivity contribution in [2.75, 3.05) is 39.6 Å². The summed E-state index contributed by atoms with van der Waals surface area (Å²) in [5.74, 6) is -0.540. The fraction of sp³-hybridized carbons (Fsp3) is 0.947. The minimum absolute atomic E-state index is 0.107. The highest BCUT2D eigenvalue weighted by molar-refractivity contribution is 7.47. The molecule has 558 valence electrons. The molecule has 5 atom stereocenters. The molecule has 0 aromatic rings. The largest absolute Gasteiger partial charge is 0.472 e. The Morgan fingerprint density at radius 2 is 0.489 bits per heavy atom. The third-order valence-electron chi connectivity index (χ3n) is 17.5. The van der Waals surface area contributed by atoms with Crippen molar-refractivity contribution >= 4 is 39.5 Å². The van der Waals surface area contributed by atoms with Crippen LogP contribution < -0.4 is 0 Å². The molecule has 0 aliphatic rings. The summed E-state index contributed by atoms with van der Waals surface area (Å²) in [4.78, 5) is 72.5. The van der Waals surface area contributed by atoms with E-state index in [-0.39, 0.29) is 25.7 Å². The third kappa shape index (κ3) is 68.6. The van der Waals surface area contributed by atoms with E-state index in [1.54, 1.807) is 0 Å². The van der Waals surface area contributed by atoms with E-state index in [1.807, 2.05) is 0 Å². The number of carbonyl (C=O) groups excluding carboxylic acids is 4. The number of esters is 4. The number of aliphatic hydroxyl groups excluding tert-OH is 1. The molecule has 0 aromatic heterocycles. The predicted octanol–water partition coefficient (Wildman–Crippen LogP) is 21.9. The minimum Gasteiger partial charge on any atom is -0.462 e. The molecule has 0 radical (unpaired) electrons. The maximum atomic E-state index is 13.1. The summed E-state index contributed by atoms with van der Waals surface area (Å²) < 4.78 is 68.3. The number of carbonyl (C=O) groups is 4. The van der Waals surface area contributed by atoms with Gasteiger partial charge in [0.05, 0.1) is 26.4 Å². The van der Waals surface area contributed by atoms with Crippen LogP contribution in [0.25, 0.3) is 0 Å². The molecule has 19 heteroatoms. The van der Waals surface area contributed by atoms with Gasteiger partial charge in [0.2, 0.25) is 0 Å². The number of rotatable bonds is 74. The van der Waals surface area contributed by atoms with Gasteiger partial charge in [-0.25, -0.2) is 9.13 Å². The van der Waals surface area contributed by atoms with Gasteiger partial charge in [-0.15, -0.1) is 0 Å². The Morgan fingerprint density at radius 3 is 0.723 bits per heavy atom. The van der Waals surface area contributed by atoms with Crippen LogP contribution in [0.3, 0.4) is 0 Å². The van der Waals surface area contributed by atoms with Gasteiger partial charge in [-0.05, 0) is 37.5 Å². The maximum absolute atomic E-state index is 13.1. The summed E-state index contributed by atoms with van der Waals surface area (Å²) in [7, 11) is -9.90. The zero-order valence-electron chi connectivity index (χ0n) is 61.3. The molecule has 0 saturated carbocycles. The van der Waals surface area contributed by atoms with E-state index in [0.29, 0.717) is 25.7 Å². The summed E-state index contributed by atoms with van der Waals surface area (Å²) in [5, 5.41) is 10.6. The van der Waals surface area contributed by atoms with Gasteiger partial charge in [-0.3, -0.25) is 37.3 Å². The Balaban J connectivity index is 5.14. The Labute approximate surface area is 575 Å². The third-order valence-corrected chi connectivity index (χ3v) is 19.4. The lowest BCUT2D eigenvalue weighted by atomic mass is 10.0. The van der Waals surface area contributed by atoms with E-state index < -0.39 is 97.5 Å². The number of phosphoric acid groups is 2. The summed E-state index contributed by atoms with van der Waals surface area (Å²) in [5.41, 5.74) is 0. The SMILES string of the molecule is CCCCCCCCCCCCCCCCCCC(=O)O[C@H](COC(=O)CCCCCCC)COP(=O)(O)OC[C@H](O)COP(=O)(O)OC[C@@H](COC(=O)CCCCCCCCCCCCCCCC(C)C)OC(=O)CCCCCCCCCCCCCCCCC(C)C. The van der Waals surface area contributed by atoms with E-state index in [0.717, 1.165) is 108 Å². The van der Waals surface area contributed by atoms with Crippen molar-refractivity contribution in [2.45, 2.75) is 407 Å². The number of aliphatic hydroxyl groups is 1. The molecular weight excluding hydrogens is 1230 g/mol. The second-order valence-corrected chi connectivity index (χ2v) is 30.9. The minimum atomic E-state index is -4.95. The van der Waals surface area contributed by atoms with Crippen molar-refractivity contribution in [2.24, 2.45) is 11.8 Å². The van der Waals surface area contributed by atoms with Crippen molar-refractivity contribution in [1.82, 2.24) is 0 Å². The molecule has 0 spiro atoms. The highest BCUT2D eigenvalue weighted by Crippen LogP contribution is 2.45. The van der Waals surface area contributed by atoms with Gasteiger partial charge in [-0.2, -0.15) is 0 Å². The Morgan fingerprint density at radius 1 is 0.287 bits per heavy atom. The molecule has 17 nitrogen and oxygen atoms in total. The average Bonchev–Trinajstić information content (AvgIpc) is 1.38. The standard InChI is InChI=1S/C75H146O17P2/c1-7-9-11-13-14-15-16-17-18-19-25-31-36-41-47-53-59-74(79)91-70(63-85-72(77)57-51-43-12-10-8-2)65-89-93(81,82)87-61-69(76)62-88-94(83,84)90-66-71(64-86-73(78)58-52-46-40-35-30-27-22-24-29-34-39-45-50-56-68(5)6)92-75(80)60-54-48-42-37-32-26-21-20-23-28-33-38-44-49-55-67(3)4/h67-71,76H,7-66H2,1-6H3,(H,81,82)(H,83,84)/t69-,70+,71+/m0/s1. The zero-order chi connectivity index (χ0) is 69.3. The first-order valence-corrected chi connectivity index (χ1v) is 42.0. The quantitative estimate of drug-likeness (QED) is 0.0222. The molecule has 94 heavy (non-hydrogen) atoms. The van der Waals surface area contributed by atoms with Gasteiger partial charge in [0, 0.05) is 25.7 Å². The van der Waals surface area contributed by atoms with Crippen molar-refractivity contribution in [3.63, 3.8) is 0 Å². The normalized spacial score (nSPS) is 14.0. The number of unbranched alkanes of at least 4 members (excludes halogenated alkanes) is 44. The Kier molecular flexibility index (Phi) is 65.5. The summed E-state index contributed by atoms with van der Waals surface area (Å²) in [6, 6.07) is 0. The average molecular weight is 1380 g/mol. The number of hydrogen-bond acceptors (Lipinski definition) is 15. The first kappa shape index (κ1) is 92.1. The zero-order valence-corrected chi connectivity index (χ0v) is 63.1. The van der Waals surface area contributed by atoms with E-state index >= 15 is 0 Å². The van der Waals surface area contributed by atoms with Crippen LogP contribution in [-0.2, 0) is 65.4 Å². The van der Waals surface area contributed by atoms with E-state index in [9.17, 15) is 43.2 Å². The fourth-order valence-electron chi connectivity index (χ4n) is 11.5. The molecule has 0 rings (SSSR count). The van der Waals surface area contributed by atoms with Crippen molar-refractivity contribution in [3.05, 3.63) is 0 Å². The first-order chi connectivity index (χ1) is 45.4. The van der Waals surface area contributed by atoms with Crippen LogP contribution in [-0.4, -0.2) is 96.7 Å². The van der Waals surface area contributed by atoms with E-state index in [1.165, 1.54) is 199 Å². The van der Waals surface area contributed by atoms with Crippen LogP contribution in [0.15, 0.2) is 0 Å². The monoisotopic (exact) mass is 1380 g/mol. The van der Waals surface area contributed by atoms with Gasteiger partial charge >= 0.3 is 39.5 Å². The van der Waals surface area contributed by atoms with Crippen LogP contribution in [0, 0.1) is 11.8 Å². The lowest BCUT2D eigenvalue weighted by molar-refractivity contribution is -0.161. The van der Waals surface area contributed by atoms with E-state index in [4.69, 9.17) is 37.0 Å². The Bertz CT molecular complexity index is 1820. The summed E-state index contributed by atoms with van der Waals surface area (Å²) in [6.45, 7) is 9.55. The lowest BCUT2D eigenvalue weighted by Gasteiger charge is -2.21. The number of hydrogen-bond donors (Lipinski definition) is 3. The van der Waals surface area contributed by atoms with Crippen molar-refractivity contribution in [1.29, 1.82) is 0 Å². The molecule has 0 fully saturated rings. The predicted molar refractivity (Wildman–Crippen MR) is 381 cm³/mol. The van der Waals surface area contributed by atoms with Crippen LogP contribution >= 0.6 is 15.6 Å². The van der Waals surface area contributed by atoms with Crippen molar-refractivity contribution < 1.29 is 80.2 Å². The number of phosphoric ester groups is 2. The highest BCUT2D eigenvalue weighted by Gasteiger charge is 2.30. The topological polar surface area (TPSA) is 237 Å². The van der Waals surface area contributed by atoms with Crippen LogP contribution in [0.1, 0.15) is 388 Å². The Hall–Kier alpha value is -1.94. The van der Waals surface area contributed by atoms with Gasteiger partial charge in [0.1, 0.15) is 19.3 Å². The van der Waals surface area contributed by atoms with Gasteiger partial charge < -0.3 is 33.8 Å². The van der Waals surface area contributed by atoms with Crippen LogP contribution in [0.4, 0.5) is 0 Å². The molecule has 0 saturated heterocycles. The molecule has 0 amide bonds. The molecule has 0 heterocycles. The van der Waals surface area contributed by atoms with Gasteiger partial charge in [0.15, 0.2) is 12.2 Å². The second kappa shape index (κ2) is 66.9. The molecule has 0 aliphatic carbocycles. The second-order valence-electron chi connectivity index (χ2n) is 28.0. The maximum Gasteiger partial charge on any atom is 0.472 e. The first-order valence-electron chi connectivity index (χ1n) is 39.0. The lowest BCUT2D eigenvalue weighted by Crippen LogP contribution is -2.30. The van der Waals surface area contributed by atoms with Crippen molar-refractivity contribution in [3.8, 4) is 0 Å². The molecular formula is C75H146O17P2. The van der Waals surface area contributed by atoms with Crippen LogP contribution in [0.2, 0.25) is 0 Å². The smallest absolute Gasteiger partial charge is 0.462 e.